The summed E-state index contributed by atoms with van der Waals surface area (Å²) in [6.45, 7) is 2.03. The molecule has 1 heterocycles. The summed E-state index contributed by atoms with van der Waals surface area (Å²) in [5, 5.41) is 6.53. The molecular weight excluding hydrogens is 236 g/mol. The average Bonchev–Trinajstić information content (AvgIpc) is 2.32. The molecule has 2 N–H and O–H groups in total. The van der Waals surface area contributed by atoms with Gasteiger partial charge in [-0.1, -0.05) is 23.7 Å². The summed E-state index contributed by atoms with van der Waals surface area (Å²) < 4.78 is 0. The van der Waals surface area contributed by atoms with Crippen LogP contribution in [-0.4, -0.2) is 17.0 Å². The van der Waals surface area contributed by atoms with Crippen molar-refractivity contribution < 1.29 is 0 Å². The predicted octanol–water partition coefficient (Wildman–Crippen LogP) is 3.22. The van der Waals surface area contributed by atoms with Gasteiger partial charge in [-0.3, -0.25) is 0 Å². The van der Waals surface area contributed by atoms with Gasteiger partial charge in [0.15, 0.2) is 5.82 Å². The maximum atomic E-state index is 6.03. The van der Waals surface area contributed by atoms with Crippen LogP contribution in [0.4, 0.5) is 17.5 Å². The van der Waals surface area contributed by atoms with Gasteiger partial charge in [-0.25, -0.2) is 4.98 Å². The Hall–Kier alpha value is -1.81. The fourth-order valence-corrected chi connectivity index (χ4v) is 1.57. The van der Waals surface area contributed by atoms with Crippen molar-refractivity contribution in [1.29, 1.82) is 0 Å². The van der Waals surface area contributed by atoms with E-state index >= 15 is 0 Å². The van der Waals surface area contributed by atoms with Crippen molar-refractivity contribution in [2.45, 2.75) is 6.92 Å². The van der Waals surface area contributed by atoms with Gasteiger partial charge in [-0.2, -0.15) is 4.98 Å². The summed E-state index contributed by atoms with van der Waals surface area (Å²) >= 11 is 6.03. The van der Waals surface area contributed by atoms with Crippen LogP contribution in [-0.2, 0) is 0 Å². The van der Waals surface area contributed by atoms with Crippen LogP contribution in [0.1, 0.15) is 5.56 Å². The molecule has 0 aliphatic rings. The largest absolute Gasteiger partial charge is 0.357 e. The second kappa shape index (κ2) is 5.01. The number of nitrogens with one attached hydrogen (secondary N) is 2. The molecule has 2 rings (SSSR count). The van der Waals surface area contributed by atoms with E-state index in [4.69, 9.17) is 11.6 Å². The van der Waals surface area contributed by atoms with Crippen molar-refractivity contribution in [3.05, 3.63) is 41.0 Å². The fourth-order valence-electron chi connectivity index (χ4n) is 1.43. The number of nitrogens with zero attached hydrogens (tertiary/aromatic N) is 2. The topological polar surface area (TPSA) is 49.8 Å². The predicted molar refractivity (Wildman–Crippen MR) is 71.1 cm³/mol. The second-order valence-corrected chi connectivity index (χ2v) is 4.04. The highest BCUT2D eigenvalue weighted by Crippen LogP contribution is 2.23. The highest BCUT2D eigenvalue weighted by atomic mass is 35.5. The molecule has 0 amide bonds. The van der Waals surface area contributed by atoms with Crippen molar-refractivity contribution in [3.8, 4) is 0 Å². The zero-order valence-electron chi connectivity index (χ0n) is 9.66. The Balaban J connectivity index is 2.29. The molecule has 1 aromatic heterocycles. The molecule has 0 radical (unpaired) electrons. The van der Waals surface area contributed by atoms with Crippen molar-refractivity contribution in [1.82, 2.24) is 9.97 Å². The van der Waals surface area contributed by atoms with Crippen LogP contribution in [0.25, 0.3) is 0 Å². The van der Waals surface area contributed by atoms with E-state index in [1.54, 1.807) is 13.2 Å². The molecular formula is C12H13ClN4. The lowest BCUT2D eigenvalue weighted by atomic mass is 10.2. The minimum absolute atomic E-state index is 0.491. The molecule has 1 aromatic carbocycles. The molecule has 0 fully saturated rings. The lowest BCUT2D eigenvalue weighted by Gasteiger charge is -2.09. The van der Waals surface area contributed by atoms with Crippen molar-refractivity contribution in [3.63, 3.8) is 0 Å². The van der Waals surface area contributed by atoms with Crippen LogP contribution in [0.2, 0.25) is 5.02 Å². The van der Waals surface area contributed by atoms with Gasteiger partial charge in [-0.05, 0) is 24.6 Å². The average molecular weight is 249 g/mol. The molecule has 0 aliphatic carbocycles. The van der Waals surface area contributed by atoms with Gasteiger partial charge in [0.05, 0.1) is 6.20 Å². The number of aryl methyl sites for hydroxylation is 1. The first kappa shape index (κ1) is 11.7. The van der Waals surface area contributed by atoms with E-state index in [-0.39, 0.29) is 0 Å². The maximum absolute atomic E-state index is 6.03. The molecule has 0 aliphatic heterocycles. The van der Waals surface area contributed by atoms with Gasteiger partial charge in [-0.15, -0.1) is 0 Å². The number of aromatic nitrogens is 2. The summed E-state index contributed by atoms with van der Waals surface area (Å²) in [5.41, 5.74) is 2.13. The van der Waals surface area contributed by atoms with E-state index in [0.29, 0.717) is 16.8 Å². The monoisotopic (exact) mass is 248 g/mol. The SMILES string of the molecule is CNc1ncc(Cl)c(Nc2cccc(C)c2)n1. The smallest absolute Gasteiger partial charge is 0.224 e. The Kier molecular flexibility index (Phi) is 3.44. The van der Waals surface area contributed by atoms with Crippen LogP contribution in [0.3, 0.4) is 0 Å². The van der Waals surface area contributed by atoms with Crippen LogP contribution >= 0.6 is 11.6 Å². The first-order valence-corrected chi connectivity index (χ1v) is 5.61. The van der Waals surface area contributed by atoms with Gasteiger partial charge >= 0.3 is 0 Å². The zero-order chi connectivity index (χ0) is 12.3. The molecule has 17 heavy (non-hydrogen) atoms. The molecule has 0 saturated carbocycles. The number of halogens is 1. The fraction of sp³-hybridized carbons (Fsp3) is 0.167. The molecule has 0 saturated heterocycles. The number of benzene rings is 1. The van der Waals surface area contributed by atoms with Crippen LogP contribution in [0.5, 0.6) is 0 Å². The van der Waals surface area contributed by atoms with Gasteiger partial charge in [0.1, 0.15) is 5.02 Å². The number of anilines is 3. The van der Waals surface area contributed by atoms with Crippen molar-refractivity contribution >= 4 is 29.1 Å². The minimum atomic E-state index is 0.491. The zero-order valence-corrected chi connectivity index (χ0v) is 10.4. The molecule has 0 bridgehead atoms. The maximum Gasteiger partial charge on any atom is 0.224 e. The second-order valence-electron chi connectivity index (χ2n) is 3.63. The quantitative estimate of drug-likeness (QED) is 0.876. The van der Waals surface area contributed by atoms with E-state index in [1.165, 1.54) is 5.56 Å². The summed E-state index contributed by atoms with van der Waals surface area (Å²) in [5.74, 6) is 1.13. The molecule has 0 atom stereocenters. The van der Waals surface area contributed by atoms with Crippen molar-refractivity contribution in [2.24, 2.45) is 0 Å². The minimum Gasteiger partial charge on any atom is -0.357 e. The van der Waals surface area contributed by atoms with Gasteiger partial charge < -0.3 is 10.6 Å². The van der Waals surface area contributed by atoms with Crippen molar-refractivity contribution in [2.75, 3.05) is 17.7 Å². The summed E-state index contributed by atoms with van der Waals surface area (Å²) in [7, 11) is 1.76. The third-order valence-corrected chi connectivity index (χ3v) is 2.53. The van der Waals surface area contributed by atoms with E-state index in [1.807, 2.05) is 31.2 Å². The van der Waals surface area contributed by atoms with Crippen LogP contribution in [0.15, 0.2) is 30.5 Å². The molecule has 0 unspecified atom stereocenters. The Morgan fingerprint density at radius 2 is 2.12 bits per heavy atom. The normalized spacial score (nSPS) is 10.1. The molecule has 5 heteroatoms. The van der Waals surface area contributed by atoms with Gasteiger partial charge in [0.25, 0.3) is 0 Å². The first-order chi connectivity index (χ1) is 8.19. The summed E-state index contributed by atoms with van der Waals surface area (Å²) in [4.78, 5) is 8.27. The van der Waals surface area contributed by atoms with E-state index < -0.39 is 0 Å². The highest BCUT2D eigenvalue weighted by Gasteiger charge is 2.04. The standard InChI is InChI=1S/C12H13ClN4/c1-8-4-3-5-9(6-8)16-11-10(13)7-15-12(14-2)17-11/h3-7H,1-2H3,(H2,14,15,16,17). The highest BCUT2D eigenvalue weighted by molar-refractivity contribution is 6.32. The number of hydrogen-bond acceptors (Lipinski definition) is 4. The van der Waals surface area contributed by atoms with Gasteiger partial charge in [0.2, 0.25) is 5.95 Å². The third-order valence-electron chi connectivity index (χ3n) is 2.25. The Morgan fingerprint density at radius 3 is 2.82 bits per heavy atom. The third kappa shape index (κ3) is 2.85. The molecule has 0 spiro atoms. The Morgan fingerprint density at radius 1 is 1.29 bits per heavy atom. The molecule has 88 valence electrons. The molecule has 2 aromatic rings. The lowest BCUT2D eigenvalue weighted by Crippen LogP contribution is -2.01. The Bertz CT molecular complexity index is 528. The van der Waals surface area contributed by atoms with Gasteiger partial charge in [0, 0.05) is 12.7 Å². The first-order valence-electron chi connectivity index (χ1n) is 5.23. The molecule has 4 nitrogen and oxygen atoms in total. The number of rotatable bonds is 3. The van der Waals surface area contributed by atoms with Crippen LogP contribution in [0, 0.1) is 6.92 Å². The van der Waals surface area contributed by atoms with Crippen LogP contribution < -0.4 is 10.6 Å². The van der Waals surface area contributed by atoms with E-state index in [9.17, 15) is 0 Å². The lowest BCUT2D eigenvalue weighted by molar-refractivity contribution is 1.15. The Labute approximate surface area is 105 Å². The van der Waals surface area contributed by atoms with E-state index in [2.05, 4.69) is 20.6 Å². The number of hydrogen-bond donors (Lipinski definition) is 2. The van der Waals surface area contributed by atoms with E-state index in [0.717, 1.165) is 5.69 Å². The summed E-state index contributed by atoms with van der Waals surface area (Å²) in [6.07, 6.45) is 1.57. The summed E-state index contributed by atoms with van der Waals surface area (Å²) in [6, 6.07) is 8.00.